The lowest BCUT2D eigenvalue weighted by Gasteiger charge is -2.04. The molecule has 0 N–H and O–H groups in total. The zero-order chi connectivity index (χ0) is 10.8. The van der Waals surface area contributed by atoms with E-state index in [0.717, 1.165) is 13.7 Å². The number of halogens is 3. The lowest BCUT2D eigenvalue weighted by molar-refractivity contribution is 0.622. The van der Waals surface area contributed by atoms with Crippen LogP contribution in [0.2, 0.25) is 0 Å². The molecular weight excluding hydrogens is 374 g/mol. The van der Waals surface area contributed by atoms with Crippen molar-refractivity contribution in [2.24, 2.45) is 0 Å². The molecule has 0 amide bonds. The standard InChI is InChI=1S/C10H7BrFIN2/c11-9-5-8(12)2-1-7(9)6-15-4-3-10(13)14-15/h1-5H,6H2. The second kappa shape index (κ2) is 4.61. The summed E-state index contributed by atoms with van der Waals surface area (Å²) in [4.78, 5) is 0. The molecule has 0 atom stereocenters. The number of hydrogen-bond donors (Lipinski definition) is 0. The maximum Gasteiger partial charge on any atom is 0.124 e. The Kier molecular flexibility index (Phi) is 3.40. The van der Waals surface area contributed by atoms with Crippen LogP contribution in [0.15, 0.2) is 34.9 Å². The van der Waals surface area contributed by atoms with Crippen LogP contribution in [0, 0.1) is 9.52 Å². The lowest BCUT2D eigenvalue weighted by atomic mass is 10.2. The van der Waals surface area contributed by atoms with Gasteiger partial charge in [0.2, 0.25) is 0 Å². The van der Waals surface area contributed by atoms with Crippen LogP contribution in [0.3, 0.4) is 0 Å². The number of nitrogens with zero attached hydrogens (tertiary/aromatic N) is 2. The van der Waals surface area contributed by atoms with Gasteiger partial charge >= 0.3 is 0 Å². The third-order valence-electron chi connectivity index (χ3n) is 1.96. The highest BCUT2D eigenvalue weighted by Crippen LogP contribution is 2.18. The first kappa shape index (κ1) is 11.1. The van der Waals surface area contributed by atoms with Crippen molar-refractivity contribution in [3.8, 4) is 0 Å². The SMILES string of the molecule is Fc1ccc(Cn2ccc(I)n2)c(Br)c1. The molecule has 2 aromatic rings. The molecule has 1 heterocycles. The van der Waals surface area contributed by atoms with E-state index in [1.165, 1.54) is 12.1 Å². The molecule has 0 spiro atoms. The van der Waals surface area contributed by atoms with Gasteiger partial charge in [-0.25, -0.2) is 4.39 Å². The topological polar surface area (TPSA) is 17.8 Å². The van der Waals surface area contributed by atoms with Crippen molar-refractivity contribution >= 4 is 38.5 Å². The van der Waals surface area contributed by atoms with E-state index in [2.05, 4.69) is 43.6 Å². The molecule has 0 saturated carbocycles. The highest BCUT2D eigenvalue weighted by atomic mass is 127. The first-order chi connectivity index (χ1) is 7.15. The molecule has 0 fully saturated rings. The van der Waals surface area contributed by atoms with Gasteiger partial charge in [0.1, 0.15) is 9.52 Å². The Labute approximate surface area is 109 Å². The Balaban J connectivity index is 2.24. The second-order valence-electron chi connectivity index (χ2n) is 3.07. The van der Waals surface area contributed by atoms with Gasteiger partial charge in [0.25, 0.3) is 0 Å². The minimum atomic E-state index is -0.235. The first-order valence-electron chi connectivity index (χ1n) is 4.28. The molecule has 15 heavy (non-hydrogen) atoms. The first-order valence-corrected chi connectivity index (χ1v) is 6.15. The summed E-state index contributed by atoms with van der Waals surface area (Å²) in [5.41, 5.74) is 1.01. The van der Waals surface area contributed by atoms with Gasteiger partial charge in [0.05, 0.1) is 6.54 Å². The number of aromatic nitrogens is 2. The quantitative estimate of drug-likeness (QED) is 0.730. The molecule has 0 aliphatic heterocycles. The van der Waals surface area contributed by atoms with Gasteiger partial charge < -0.3 is 0 Å². The van der Waals surface area contributed by atoms with Crippen molar-refractivity contribution in [1.29, 1.82) is 0 Å². The third-order valence-corrected chi connectivity index (χ3v) is 3.27. The minimum Gasteiger partial charge on any atom is -0.267 e. The summed E-state index contributed by atoms with van der Waals surface area (Å²) in [6.45, 7) is 0.643. The lowest BCUT2D eigenvalue weighted by Crippen LogP contribution is -2.01. The normalized spacial score (nSPS) is 10.6. The van der Waals surface area contributed by atoms with E-state index in [-0.39, 0.29) is 5.82 Å². The molecule has 0 aliphatic rings. The number of hydrogen-bond acceptors (Lipinski definition) is 1. The molecule has 5 heteroatoms. The second-order valence-corrected chi connectivity index (χ2v) is 5.03. The van der Waals surface area contributed by atoms with E-state index in [0.29, 0.717) is 6.54 Å². The molecule has 0 bridgehead atoms. The Morgan fingerprint density at radius 2 is 2.20 bits per heavy atom. The summed E-state index contributed by atoms with van der Waals surface area (Å²) in [6.07, 6.45) is 1.90. The van der Waals surface area contributed by atoms with Crippen molar-refractivity contribution in [3.63, 3.8) is 0 Å². The monoisotopic (exact) mass is 380 g/mol. The molecule has 0 unspecified atom stereocenters. The molecule has 2 rings (SSSR count). The van der Waals surface area contributed by atoms with Crippen LogP contribution in [0.1, 0.15) is 5.56 Å². The average molecular weight is 381 g/mol. The predicted molar refractivity (Wildman–Crippen MR) is 68.1 cm³/mol. The summed E-state index contributed by atoms with van der Waals surface area (Å²) in [5, 5.41) is 4.26. The highest BCUT2D eigenvalue weighted by molar-refractivity contribution is 14.1. The van der Waals surface area contributed by atoms with Gasteiger partial charge in [-0.2, -0.15) is 5.10 Å². The molecule has 0 saturated heterocycles. The van der Waals surface area contributed by atoms with Gasteiger partial charge in [-0.15, -0.1) is 0 Å². The van der Waals surface area contributed by atoms with Crippen molar-refractivity contribution in [1.82, 2.24) is 9.78 Å². The van der Waals surface area contributed by atoms with E-state index in [1.54, 1.807) is 6.07 Å². The Hall–Kier alpha value is -0.430. The van der Waals surface area contributed by atoms with E-state index in [9.17, 15) is 4.39 Å². The van der Waals surface area contributed by atoms with Crippen LogP contribution in [0.4, 0.5) is 4.39 Å². The summed E-state index contributed by atoms with van der Waals surface area (Å²) in [6, 6.07) is 6.60. The molecule has 1 aromatic heterocycles. The molecule has 0 radical (unpaired) electrons. The van der Waals surface area contributed by atoms with Crippen LogP contribution >= 0.6 is 38.5 Å². The van der Waals surface area contributed by atoms with Crippen molar-refractivity contribution in [3.05, 3.63) is 50.0 Å². The van der Waals surface area contributed by atoms with Crippen LogP contribution in [0.25, 0.3) is 0 Å². The number of rotatable bonds is 2. The van der Waals surface area contributed by atoms with Crippen LogP contribution in [-0.2, 0) is 6.54 Å². The fraction of sp³-hybridized carbons (Fsp3) is 0.100. The number of benzene rings is 1. The highest BCUT2D eigenvalue weighted by Gasteiger charge is 2.03. The third kappa shape index (κ3) is 2.78. The van der Waals surface area contributed by atoms with E-state index in [4.69, 9.17) is 0 Å². The van der Waals surface area contributed by atoms with E-state index < -0.39 is 0 Å². The van der Waals surface area contributed by atoms with Gasteiger partial charge in [-0.05, 0) is 46.4 Å². The van der Waals surface area contributed by atoms with Crippen molar-refractivity contribution in [2.75, 3.05) is 0 Å². The molecule has 1 aromatic carbocycles. The average Bonchev–Trinajstić information content (AvgIpc) is 2.56. The zero-order valence-electron chi connectivity index (χ0n) is 7.62. The van der Waals surface area contributed by atoms with E-state index in [1.807, 2.05) is 16.9 Å². The van der Waals surface area contributed by atoms with Crippen LogP contribution < -0.4 is 0 Å². The van der Waals surface area contributed by atoms with Gasteiger partial charge in [0.15, 0.2) is 0 Å². The van der Waals surface area contributed by atoms with Gasteiger partial charge in [0, 0.05) is 10.7 Å². The van der Waals surface area contributed by atoms with Gasteiger partial charge in [-0.1, -0.05) is 22.0 Å². The van der Waals surface area contributed by atoms with Crippen LogP contribution in [-0.4, -0.2) is 9.78 Å². The molecule has 2 nitrogen and oxygen atoms in total. The Morgan fingerprint density at radius 3 is 2.80 bits per heavy atom. The Morgan fingerprint density at radius 1 is 1.40 bits per heavy atom. The predicted octanol–water partition coefficient (Wildman–Crippen LogP) is 3.44. The fourth-order valence-electron chi connectivity index (χ4n) is 1.25. The van der Waals surface area contributed by atoms with Crippen molar-refractivity contribution in [2.45, 2.75) is 6.54 Å². The smallest absolute Gasteiger partial charge is 0.124 e. The largest absolute Gasteiger partial charge is 0.267 e. The van der Waals surface area contributed by atoms with E-state index >= 15 is 0 Å². The Bertz CT molecular complexity index is 484. The van der Waals surface area contributed by atoms with Crippen LogP contribution in [0.5, 0.6) is 0 Å². The summed E-state index contributed by atoms with van der Waals surface area (Å²) >= 11 is 5.48. The summed E-state index contributed by atoms with van der Waals surface area (Å²) < 4.78 is 16.4. The summed E-state index contributed by atoms with van der Waals surface area (Å²) in [7, 11) is 0. The van der Waals surface area contributed by atoms with Gasteiger partial charge in [-0.3, -0.25) is 4.68 Å². The molecular formula is C10H7BrFIN2. The summed E-state index contributed by atoms with van der Waals surface area (Å²) in [5.74, 6) is -0.235. The maximum atomic E-state index is 12.8. The zero-order valence-corrected chi connectivity index (χ0v) is 11.4. The molecule has 78 valence electrons. The van der Waals surface area contributed by atoms with Crippen molar-refractivity contribution < 1.29 is 4.39 Å². The fourth-order valence-corrected chi connectivity index (χ4v) is 2.16. The minimum absolute atomic E-state index is 0.235. The molecule has 0 aliphatic carbocycles. The maximum absolute atomic E-state index is 12.8.